The Morgan fingerprint density at radius 2 is 1.59 bits per heavy atom. The molecule has 10 heteroatoms. The SMILES string of the molecule is CNC(=O)NCCN(CCC[Si](OC)(OC)OC)C(=O)NC. The van der Waals surface area contributed by atoms with E-state index in [1.165, 1.54) is 7.05 Å². The number of nitrogens with zero attached hydrogens (tertiary/aromatic N) is 1. The fourth-order valence-electron chi connectivity index (χ4n) is 1.91. The largest absolute Gasteiger partial charge is 0.500 e. The molecule has 0 radical (unpaired) electrons. The number of hydrogen-bond donors (Lipinski definition) is 3. The lowest BCUT2D eigenvalue weighted by atomic mass is 10.4. The fraction of sp³-hybridized carbons (Fsp3) is 0.833. The summed E-state index contributed by atoms with van der Waals surface area (Å²) in [4.78, 5) is 24.6. The van der Waals surface area contributed by atoms with Crippen LogP contribution in [0, 0.1) is 0 Å². The fourth-order valence-corrected chi connectivity index (χ4v) is 3.61. The quantitative estimate of drug-likeness (QED) is 0.481. The Morgan fingerprint density at radius 1 is 1.00 bits per heavy atom. The first kappa shape index (κ1) is 20.6. The minimum atomic E-state index is -2.62. The van der Waals surface area contributed by atoms with Crippen LogP contribution in [0.25, 0.3) is 0 Å². The second kappa shape index (κ2) is 11.2. The third-order valence-electron chi connectivity index (χ3n) is 3.24. The first-order valence-electron chi connectivity index (χ1n) is 7.06. The van der Waals surface area contributed by atoms with Crippen molar-refractivity contribution in [2.75, 3.05) is 55.1 Å². The average Bonchev–Trinajstić information content (AvgIpc) is 2.56. The summed E-state index contributed by atoms with van der Waals surface area (Å²) in [5.41, 5.74) is 0. The normalized spacial score (nSPS) is 11.0. The van der Waals surface area contributed by atoms with Gasteiger partial charge in [-0.05, 0) is 6.42 Å². The number of rotatable bonds is 10. The van der Waals surface area contributed by atoms with Gasteiger partial charge in [0, 0.05) is 61.1 Å². The topological polar surface area (TPSA) is 101 Å². The Morgan fingerprint density at radius 3 is 2.05 bits per heavy atom. The average molecular weight is 336 g/mol. The highest BCUT2D eigenvalue weighted by atomic mass is 28.4. The number of carbonyl (C=O) groups is 2. The van der Waals surface area contributed by atoms with E-state index in [0.29, 0.717) is 32.1 Å². The van der Waals surface area contributed by atoms with Crippen LogP contribution in [0.1, 0.15) is 6.42 Å². The van der Waals surface area contributed by atoms with Crippen LogP contribution in [0.5, 0.6) is 0 Å². The summed E-state index contributed by atoms with van der Waals surface area (Å²) in [6.07, 6.45) is 0.676. The first-order valence-corrected chi connectivity index (χ1v) is 8.99. The van der Waals surface area contributed by atoms with Crippen LogP contribution >= 0.6 is 0 Å². The molecule has 0 fully saturated rings. The van der Waals surface area contributed by atoms with Gasteiger partial charge in [0.05, 0.1) is 0 Å². The van der Waals surface area contributed by atoms with Gasteiger partial charge in [-0.15, -0.1) is 0 Å². The molecule has 0 atom stereocenters. The molecular weight excluding hydrogens is 308 g/mol. The first-order chi connectivity index (χ1) is 10.5. The van der Waals surface area contributed by atoms with E-state index in [1.54, 1.807) is 33.3 Å². The lowest BCUT2D eigenvalue weighted by molar-refractivity contribution is 0.121. The number of carbonyl (C=O) groups excluding carboxylic acids is 2. The summed E-state index contributed by atoms with van der Waals surface area (Å²) >= 11 is 0. The Labute approximate surface area is 133 Å². The van der Waals surface area contributed by atoms with Gasteiger partial charge in [-0.1, -0.05) is 0 Å². The molecule has 3 N–H and O–H groups in total. The van der Waals surface area contributed by atoms with Crippen molar-refractivity contribution in [3.05, 3.63) is 0 Å². The molecule has 0 aliphatic heterocycles. The van der Waals surface area contributed by atoms with Gasteiger partial charge in [0.1, 0.15) is 0 Å². The van der Waals surface area contributed by atoms with E-state index < -0.39 is 8.80 Å². The standard InChI is InChI=1S/C12H28N4O5Si/c1-13-11(17)15-7-9-16(12(18)14-2)8-6-10-22(19-3,20-4)21-5/h6-10H2,1-5H3,(H,14,18)(H2,13,15,17). The van der Waals surface area contributed by atoms with Crippen molar-refractivity contribution in [2.24, 2.45) is 0 Å². The molecule has 130 valence electrons. The molecule has 22 heavy (non-hydrogen) atoms. The van der Waals surface area contributed by atoms with Gasteiger partial charge >= 0.3 is 20.9 Å². The highest BCUT2D eigenvalue weighted by Crippen LogP contribution is 2.15. The van der Waals surface area contributed by atoms with Crippen LogP contribution in [-0.4, -0.2) is 80.8 Å². The molecule has 4 amide bonds. The van der Waals surface area contributed by atoms with Crippen LogP contribution in [0.2, 0.25) is 6.04 Å². The minimum absolute atomic E-state index is 0.196. The van der Waals surface area contributed by atoms with Crippen molar-refractivity contribution >= 4 is 20.9 Å². The zero-order valence-corrected chi connectivity index (χ0v) is 15.0. The summed E-state index contributed by atoms with van der Waals surface area (Å²) in [5, 5.41) is 7.68. The molecule has 0 rings (SSSR count). The van der Waals surface area contributed by atoms with Crippen molar-refractivity contribution in [1.82, 2.24) is 20.9 Å². The predicted molar refractivity (Wildman–Crippen MR) is 84.7 cm³/mol. The molecule has 0 spiro atoms. The van der Waals surface area contributed by atoms with Crippen LogP contribution in [0.3, 0.4) is 0 Å². The molecule has 0 saturated heterocycles. The summed E-state index contributed by atoms with van der Waals surface area (Å²) in [6.45, 7) is 1.29. The van der Waals surface area contributed by atoms with Crippen molar-refractivity contribution < 1.29 is 22.9 Å². The Kier molecular flexibility index (Phi) is 10.5. The lowest BCUT2D eigenvalue weighted by Gasteiger charge is -2.26. The van der Waals surface area contributed by atoms with E-state index >= 15 is 0 Å². The van der Waals surface area contributed by atoms with E-state index in [9.17, 15) is 9.59 Å². The predicted octanol–water partition coefficient (Wildman–Crippen LogP) is -0.175. The molecule has 0 heterocycles. The Hall–Kier alpha value is -1.36. The van der Waals surface area contributed by atoms with E-state index in [2.05, 4.69) is 16.0 Å². The molecule has 0 bridgehead atoms. The number of amides is 4. The van der Waals surface area contributed by atoms with E-state index in [1.807, 2.05) is 0 Å². The van der Waals surface area contributed by atoms with Crippen LogP contribution in [0.15, 0.2) is 0 Å². The monoisotopic (exact) mass is 336 g/mol. The second-order valence-electron chi connectivity index (χ2n) is 4.45. The van der Waals surface area contributed by atoms with Crippen molar-refractivity contribution in [1.29, 1.82) is 0 Å². The molecule has 9 nitrogen and oxygen atoms in total. The van der Waals surface area contributed by atoms with Crippen molar-refractivity contribution in [2.45, 2.75) is 12.5 Å². The zero-order chi connectivity index (χ0) is 17.0. The van der Waals surface area contributed by atoms with Gasteiger partial charge in [0.2, 0.25) is 0 Å². The molecule has 0 unspecified atom stereocenters. The summed E-state index contributed by atoms with van der Waals surface area (Å²) in [5.74, 6) is 0. The molecule has 0 aliphatic carbocycles. The van der Waals surface area contributed by atoms with Crippen molar-refractivity contribution in [3.63, 3.8) is 0 Å². The highest BCUT2D eigenvalue weighted by Gasteiger charge is 2.37. The Balaban J connectivity index is 4.36. The van der Waals surface area contributed by atoms with Gasteiger partial charge in [-0.2, -0.15) is 0 Å². The molecule has 0 aromatic rings. The molecule has 0 aromatic heterocycles. The maximum Gasteiger partial charge on any atom is 0.500 e. The molecule has 0 aromatic carbocycles. The molecule has 0 saturated carbocycles. The zero-order valence-electron chi connectivity index (χ0n) is 14.0. The highest BCUT2D eigenvalue weighted by molar-refractivity contribution is 6.60. The van der Waals surface area contributed by atoms with E-state index in [0.717, 1.165) is 0 Å². The van der Waals surface area contributed by atoms with Crippen LogP contribution < -0.4 is 16.0 Å². The van der Waals surface area contributed by atoms with Gasteiger partial charge in [-0.3, -0.25) is 0 Å². The third kappa shape index (κ3) is 7.07. The van der Waals surface area contributed by atoms with Gasteiger partial charge in [-0.25, -0.2) is 9.59 Å². The lowest BCUT2D eigenvalue weighted by Crippen LogP contribution is -2.46. The van der Waals surface area contributed by atoms with Gasteiger partial charge in [0.15, 0.2) is 0 Å². The van der Waals surface area contributed by atoms with Gasteiger partial charge in [0.25, 0.3) is 0 Å². The number of hydrogen-bond acceptors (Lipinski definition) is 5. The molecular formula is C12H28N4O5Si. The number of urea groups is 2. The van der Waals surface area contributed by atoms with Crippen molar-refractivity contribution in [3.8, 4) is 0 Å². The third-order valence-corrected chi connectivity index (χ3v) is 6.07. The molecule has 0 aliphatic rings. The summed E-state index contributed by atoms with van der Waals surface area (Å²) in [6, 6.07) is 0.131. The van der Waals surface area contributed by atoms with Crippen LogP contribution in [0.4, 0.5) is 9.59 Å². The van der Waals surface area contributed by atoms with E-state index in [-0.39, 0.29) is 12.1 Å². The maximum absolute atomic E-state index is 11.8. The van der Waals surface area contributed by atoms with E-state index in [4.69, 9.17) is 13.3 Å². The van der Waals surface area contributed by atoms with Gasteiger partial charge < -0.3 is 34.1 Å². The summed E-state index contributed by atoms with van der Waals surface area (Å²) in [7, 11) is 5.16. The summed E-state index contributed by atoms with van der Waals surface area (Å²) < 4.78 is 16.0. The second-order valence-corrected chi connectivity index (χ2v) is 7.54. The van der Waals surface area contributed by atoms with Crippen LogP contribution in [-0.2, 0) is 13.3 Å². The minimum Gasteiger partial charge on any atom is -0.377 e. The number of nitrogens with one attached hydrogen (secondary N) is 3. The smallest absolute Gasteiger partial charge is 0.377 e. The Bertz CT molecular complexity index is 333. The maximum atomic E-state index is 11.8.